The van der Waals surface area contributed by atoms with Crippen LogP contribution in [0.2, 0.25) is 0 Å². The van der Waals surface area contributed by atoms with Crippen molar-refractivity contribution in [3.63, 3.8) is 0 Å². The standard InChI is InChI=1S/C18H16N6O2/c1-9-2-3-10(25)8-14(9)24-13-5-4-11(12-6-7-21-23-12)22-16(13)15(17(24)19)18(20)26/h2-8,25H,19H2,1H3,(H2,20,26)(H,21,23). The number of nitrogens with zero attached hydrogens (tertiary/aromatic N) is 3. The van der Waals surface area contributed by atoms with Crippen LogP contribution in [-0.4, -0.2) is 30.8 Å². The number of anilines is 1. The number of rotatable bonds is 3. The quantitative estimate of drug-likeness (QED) is 0.449. The van der Waals surface area contributed by atoms with E-state index < -0.39 is 5.91 Å². The fourth-order valence-corrected chi connectivity index (χ4v) is 3.07. The van der Waals surface area contributed by atoms with E-state index in [4.69, 9.17) is 11.5 Å². The minimum absolute atomic E-state index is 0.0921. The summed E-state index contributed by atoms with van der Waals surface area (Å²) in [6.07, 6.45) is 1.62. The molecule has 0 aliphatic heterocycles. The molecule has 8 heteroatoms. The summed E-state index contributed by atoms with van der Waals surface area (Å²) in [5.41, 5.74) is 15.8. The summed E-state index contributed by atoms with van der Waals surface area (Å²) >= 11 is 0. The third-order valence-corrected chi connectivity index (χ3v) is 4.31. The Kier molecular flexibility index (Phi) is 3.40. The third-order valence-electron chi connectivity index (χ3n) is 4.31. The first-order chi connectivity index (χ1) is 12.5. The number of aromatic amines is 1. The zero-order valence-electron chi connectivity index (χ0n) is 13.9. The number of nitrogens with one attached hydrogen (secondary N) is 1. The lowest BCUT2D eigenvalue weighted by atomic mass is 10.2. The van der Waals surface area contributed by atoms with Gasteiger partial charge in [-0.05, 0) is 36.8 Å². The number of hydrogen-bond acceptors (Lipinski definition) is 5. The molecule has 1 aromatic carbocycles. The molecular weight excluding hydrogens is 332 g/mol. The number of fused-ring (bicyclic) bond motifs is 1. The number of aromatic hydroxyl groups is 1. The van der Waals surface area contributed by atoms with Gasteiger partial charge in [-0.2, -0.15) is 5.10 Å². The number of hydrogen-bond donors (Lipinski definition) is 4. The van der Waals surface area contributed by atoms with Gasteiger partial charge in [0.25, 0.3) is 5.91 Å². The molecule has 1 amide bonds. The van der Waals surface area contributed by atoms with Crippen molar-refractivity contribution in [3.05, 3.63) is 53.7 Å². The van der Waals surface area contributed by atoms with Crippen molar-refractivity contribution in [1.82, 2.24) is 19.7 Å². The van der Waals surface area contributed by atoms with Gasteiger partial charge in [0.15, 0.2) is 0 Å². The van der Waals surface area contributed by atoms with Crippen LogP contribution in [0.5, 0.6) is 5.75 Å². The summed E-state index contributed by atoms with van der Waals surface area (Å²) in [6.45, 7) is 1.89. The molecule has 0 aliphatic carbocycles. The number of aryl methyl sites for hydroxylation is 1. The Morgan fingerprint density at radius 3 is 2.73 bits per heavy atom. The number of aromatic nitrogens is 4. The van der Waals surface area contributed by atoms with Crippen LogP contribution < -0.4 is 11.5 Å². The van der Waals surface area contributed by atoms with E-state index in [1.165, 1.54) is 0 Å². The first kappa shape index (κ1) is 15.7. The molecule has 4 aromatic rings. The van der Waals surface area contributed by atoms with Gasteiger partial charge in [0.1, 0.15) is 22.6 Å². The minimum atomic E-state index is -0.668. The lowest BCUT2D eigenvalue weighted by Crippen LogP contribution is -2.14. The van der Waals surface area contributed by atoms with Crippen molar-refractivity contribution in [1.29, 1.82) is 0 Å². The average molecular weight is 348 g/mol. The van der Waals surface area contributed by atoms with Crippen LogP contribution in [0, 0.1) is 6.92 Å². The molecule has 0 unspecified atom stereocenters. The van der Waals surface area contributed by atoms with E-state index in [1.54, 1.807) is 41.1 Å². The maximum absolute atomic E-state index is 12.0. The Morgan fingerprint density at radius 2 is 2.04 bits per heavy atom. The van der Waals surface area contributed by atoms with Crippen molar-refractivity contribution >= 4 is 22.8 Å². The highest BCUT2D eigenvalue weighted by atomic mass is 16.3. The number of H-pyrrole nitrogens is 1. The van der Waals surface area contributed by atoms with E-state index >= 15 is 0 Å². The molecule has 0 spiro atoms. The molecule has 0 saturated carbocycles. The molecule has 3 aromatic heterocycles. The van der Waals surface area contributed by atoms with E-state index in [0.717, 1.165) is 5.56 Å². The molecule has 0 aliphatic rings. The number of benzene rings is 1. The van der Waals surface area contributed by atoms with Crippen LogP contribution in [0.3, 0.4) is 0 Å². The zero-order chi connectivity index (χ0) is 18.4. The molecule has 4 rings (SSSR count). The summed E-state index contributed by atoms with van der Waals surface area (Å²) in [5, 5.41) is 16.6. The van der Waals surface area contributed by atoms with E-state index in [9.17, 15) is 9.90 Å². The highest BCUT2D eigenvalue weighted by molar-refractivity contribution is 6.10. The zero-order valence-corrected chi connectivity index (χ0v) is 13.9. The average Bonchev–Trinajstić information content (AvgIpc) is 3.22. The Hall–Kier alpha value is -3.81. The van der Waals surface area contributed by atoms with Gasteiger partial charge in [0.05, 0.1) is 22.6 Å². The fourth-order valence-electron chi connectivity index (χ4n) is 3.07. The van der Waals surface area contributed by atoms with Gasteiger partial charge in [-0.15, -0.1) is 0 Å². The number of carbonyl (C=O) groups is 1. The van der Waals surface area contributed by atoms with Gasteiger partial charge >= 0.3 is 0 Å². The van der Waals surface area contributed by atoms with Crippen LogP contribution in [0.4, 0.5) is 5.82 Å². The largest absolute Gasteiger partial charge is 0.508 e. The molecule has 8 nitrogen and oxygen atoms in total. The highest BCUT2D eigenvalue weighted by Crippen LogP contribution is 2.34. The molecule has 26 heavy (non-hydrogen) atoms. The lowest BCUT2D eigenvalue weighted by Gasteiger charge is -2.12. The maximum Gasteiger partial charge on any atom is 0.254 e. The highest BCUT2D eigenvalue weighted by Gasteiger charge is 2.23. The molecule has 6 N–H and O–H groups in total. The Bertz CT molecular complexity index is 1140. The predicted molar refractivity (Wildman–Crippen MR) is 98.0 cm³/mol. The Labute approximate surface area is 148 Å². The summed E-state index contributed by atoms with van der Waals surface area (Å²) in [4.78, 5) is 16.6. The lowest BCUT2D eigenvalue weighted by molar-refractivity contribution is 0.100. The van der Waals surface area contributed by atoms with Crippen molar-refractivity contribution in [2.45, 2.75) is 6.92 Å². The van der Waals surface area contributed by atoms with Crippen LogP contribution in [-0.2, 0) is 0 Å². The van der Waals surface area contributed by atoms with Crippen molar-refractivity contribution < 1.29 is 9.90 Å². The smallest absolute Gasteiger partial charge is 0.254 e. The van der Waals surface area contributed by atoms with E-state index in [2.05, 4.69) is 15.2 Å². The van der Waals surface area contributed by atoms with Gasteiger partial charge in [-0.3, -0.25) is 14.5 Å². The monoisotopic (exact) mass is 348 g/mol. The topological polar surface area (TPSA) is 136 Å². The van der Waals surface area contributed by atoms with Gasteiger partial charge in [-0.25, -0.2) is 4.98 Å². The summed E-state index contributed by atoms with van der Waals surface area (Å²) in [5.74, 6) is -0.400. The van der Waals surface area contributed by atoms with Crippen molar-refractivity contribution in [2.75, 3.05) is 5.73 Å². The van der Waals surface area contributed by atoms with E-state index in [0.29, 0.717) is 28.1 Å². The number of nitrogens with two attached hydrogens (primary N) is 2. The summed E-state index contributed by atoms with van der Waals surface area (Å²) < 4.78 is 1.67. The molecule has 0 saturated heterocycles. The van der Waals surface area contributed by atoms with Gasteiger partial charge in [0, 0.05) is 12.3 Å². The minimum Gasteiger partial charge on any atom is -0.508 e. The van der Waals surface area contributed by atoms with Crippen molar-refractivity contribution in [3.8, 4) is 22.8 Å². The maximum atomic E-state index is 12.0. The second kappa shape index (κ2) is 5.62. The van der Waals surface area contributed by atoms with Crippen molar-refractivity contribution in [2.24, 2.45) is 5.73 Å². The fraction of sp³-hybridized carbons (Fsp3) is 0.0556. The SMILES string of the molecule is Cc1ccc(O)cc1-n1c(N)c(C(N)=O)c2nc(-c3ccn[nH]3)ccc21. The predicted octanol–water partition coefficient (Wildman–Crippen LogP) is 2.11. The van der Waals surface area contributed by atoms with Gasteiger partial charge in [0.2, 0.25) is 0 Å². The van der Waals surface area contributed by atoms with Gasteiger partial charge < -0.3 is 16.6 Å². The number of phenols is 1. The van der Waals surface area contributed by atoms with Crippen LogP contribution in [0.1, 0.15) is 15.9 Å². The normalized spacial score (nSPS) is 11.1. The van der Waals surface area contributed by atoms with Crippen LogP contribution in [0.25, 0.3) is 28.1 Å². The van der Waals surface area contributed by atoms with Crippen LogP contribution >= 0.6 is 0 Å². The molecule has 130 valence electrons. The number of nitrogen functional groups attached to an aromatic ring is 1. The molecule has 0 bridgehead atoms. The van der Waals surface area contributed by atoms with E-state index in [-0.39, 0.29) is 17.1 Å². The second-order valence-electron chi connectivity index (χ2n) is 5.97. The summed E-state index contributed by atoms with van der Waals surface area (Å²) in [7, 11) is 0. The molecule has 0 radical (unpaired) electrons. The van der Waals surface area contributed by atoms with Crippen LogP contribution in [0.15, 0.2) is 42.6 Å². The molecule has 0 atom stereocenters. The van der Waals surface area contributed by atoms with Gasteiger partial charge in [-0.1, -0.05) is 6.07 Å². The Balaban J connectivity index is 2.07. The summed E-state index contributed by atoms with van der Waals surface area (Å²) in [6, 6.07) is 10.3. The molecule has 3 heterocycles. The Morgan fingerprint density at radius 1 is 1.23 bits per heavy atom. The number of pyridine rings is 1. The van der Waals surface area contributed by atoms with E-state index in [1.807, 2.05) is 13.0 Å². The molecule has 0 fully saturated rings. The number of phenolic OH excluding ortho intramolecular Hbond substituents is 1. The number of primary amides is 1. The third kappa shape index (κ3) is 2.27. The number of amides is 1. The first-order valence-corrected chi connectivity index (χ1v) is 7.88. The number of carbonyl (C=O) groups excluding carboxylic acids is 1. The second-order valence-corrected chi connectivity index (χ2v) is 5.97. The first-order valence-electron chi connectivity index (χ1n) is 7.88. The molecular formula is C18H16N6O2.